The van der Waals surface area contributed by atoms with Crippen molar-refractivity contribution in [3.8, 4) is 0 Å². The summed E-state index contributed by atoms with van der Waals surface area (Å²) in [6.45, 7) is 2.76. The average molecular weight is 337 g/mol. The molecule has 2 heterocycles. The van der Waals surface area contributed by atoms with Crippen LogP contribution >= 0.6 is 27.3 Å². The minimum atomic E-state index is 0.322. The average Bonchev–Trinajstić information content (AvgIpc) is 2.86. The summed E-state index contributed by atoms with van der Waals surface area (Å²) in [6, 6.07) is 11.2. The molecule has 4 heteroatoms. The van der Waals surface area contributed by atoms with Gasteiger partial charge in [-0.2, -0.15) is 0 Å². The summed E-state index contributed by atoms with van der Waals surface area (Å²) in [7, 11) is 0. The van der Waals surface area contributed by atoms with Crippen LogP contribution in [0, 0.1) is 0 Å². The summed E-state index contributed by atoms with van der Waals surface area (Å²) in [5, 5.41) is 2.12. The Balaban J connectivity index is 1.85. The van der Waals surface area contributed by atoms with Crippen molar-refractivity contribution in [3.63, 3.8) is 0 Å². The molecular weight excluding hydrogens is 320 g/mol. The van der Waals surface area contributed by atoms with Crippen molar-refractivity contribution >= 4 is 27.3 Å². The van der Waals surface area contributed by atoms with Crippen LogP contribution in [0.3, 0.4) is 0 Å². The van der Waals surface area contributed by atoms with Crippen LogP contribution in [0.2, 0.25) is 0 Å². The van der Waals surface area contributed by atoms with E-state index in [0.717, 1.165) is 19.5 Å². The Hall–Kier alpha value is -0.680. The predicted molar refractivity (Wildman–Crippen MR) is 84.4 cm³/mol. The van der Waals surface area contributed by atoms with Gasteiger partial charge in [0.2, 0.25) is 0 Å². The number of nitrogens with two attached hydrogens (primary N) is 1. The van der Waals surface area contributed by atoms with E-state index in [4.69, 9.17) is 5.73 Å². The number of benzene rings is 1. The minimum Gasteiger partial charge on any atom is -0.329 e. The molecule has 0 saturated heterocycles. The molecule has 1 aromatic heterocycles. The summed E-state index contributed by atoms with van der Waals surface area (Å²) < 4.78 is 1.19. The van der Waals surface area contributed by atoms with Gasteiger partial charge in [-0.25, -0.2) is 0 Å². The third-order valence-corrected chi connectivity index (χ3v) is 5.74. The van der Waals surface area contributed by atoms with E-state index in [1.807, 2.05) is 0 Å². The van der Waals surface area contributed by atoms with Gasteiger partial charge >= 0.3 is 0 Å². The van der Waals surface area contributed by atoms with Crippen LogP contribution in [-0.4, -0.2) is 18.0 Å². The van der Waals surface area contributed by atoms with Crippen LogP contribution < -0.4 is 5.73 Å². The lowest BCUT2D eigenvalue weighted by Crippen LogP contribution is -2.37. The SMILES string of the molecule is NCC(c1sccc1Br)N1CCc2ccccc2C1. The zero-order valence-electron chi connectivity index (χ0n) is 10.7. The highest BCUT2D eigenvalue weighted by molar-refractivity contribution is 9.10. The van der Waals surface area contributed by atoms with Gasteiger partial charge in [-0.05, 0) is 44.9 Å². The first-order chi connectivity index (χ1) is 9.29. The van der Waals surface area contributed by atoms with Crippen LogP contribution in [0.1, 0.15) is 22.0 Å². The predicted octanol–water partition coefficient (Wildman–Crippen LogP) is 3.57. The number of thiophene rings is 1. The van der Waals surface area contributed by atoms with E-state index in [-0.39, 0.29) is 0 Å². The van der Waals surface area contributed by atoms with Crippen molar-refractivity contribution in [2.75, 3.05) is 13.1 Å². The smallest absolute Gasteiger partial charge is 0.0578 e. The summed E-state index contributed by atoms with van der Waals surface area (Å²) >= 11 is 5.42. The maximum absolute atomic E-state index is 6.03. The number of rotatable bonds is 3. The minimum absolute atomic E-state index is 0.322. The molecule has 1 aliphatic heterocycles. The van der Waals surface area contributed by atoms with Crippen molar-refractivity contribution in [2.24, 2.45) is 5.73 Å². The van der Waals surface area contributed by atoms with E-state index in [1.165, 1.54) is 20.5 Å². The highest BCUT2D eigenvalue weighted by Crippen LogP contribution is 2.34. The fourth-order valence-electron chi connectivity index (χ4n) is 2.75. The molecule has 1 unspecified atom stereocenters. The van der Waals surface area contributed by atoms with Gasteiger partial charge in [-0.1, -0.05) is 24.3 Å². The van der Waals surface area contributed by atoms with Crippen molar-refractivity contribution in [3.05, 3.63) is 56.2 Å². The molecule has 0 amide bonds. The molecule has 2 nitrogen and oxygen atoms in total. The molecule has 2 N–H and O–H groups in total. The molecule has 0 aliphatic carbocycles. The molecule has 3 rings (SSSR count). The third-order valence-electron chi connectivity index (χ3n) is 3.77. The van der Waals surface area contributed by atoms with E-state index >= 15 is 0 Å². The van der Waals surface area contributed by atoms with Gasteiger partial charge in [0.05, 0.1) is 6.04 Å². The molecule has 1 aromatic carbocycles. The lowest BCUT2D eigenvalue weighted by Gasteiger charge is -2.34. The van der Waals surface area contributed by atoms with Crippen LogP contribution in [0.4, 0.5) is 0 Å². The maximum Gasteiger partial charge on any atom is 0.0578 e. The Morgan fingerprint density at radius 2 is 2.05 bits per heavy atom. The molecule has 19 heavy (non-hydrogen) atoms. The molecule has 100 valence electrons. The molecule has 0 spiro atoms. The van der Waals surface area contributed by atoms with E-state index in [1.54, 1.807) is 11.3 Å². The molecule has 2 aromatic rings. The second-order valence-electron chi connectivity index (χ2n) is 4.87. The van der Waals surface area contributed by atoms with Crippen LogP contribution in [0.25, 0.3) is 0 Å². The van der Waals surface area contributed by atoms with Crippen molar-refractivity contribution in [2.45, 2.75) is 19.0 Å². The second kappa shape index (κ2) is 5.75. The summed E-state index contributed by atoms with van der Waals surface area (Å²) in [6.07, 6.45) is 1.12. The first-order valence-electron chi connectivity index (χ1n) is 6.53. The zero-order chi connectivity index (χ0) is 13.2. The number of hydrogen-bond donors (Lipinski definition) is 1. The lowest BCUT2D eigenvalue weighted by atomic mass is 9.98. The Labute approximate surface area is 126 Å². The first-order valence-corrected chi connectivity index (χ1v) is 8.20. The number of nitrogens with zero attached hydrogens (tertiary/aromatic N) is 1. The largest absolute Gasteiger partial charge is 0.329 e. The summed E-state index contributed by atoms with van der Waals surface area (Å²) in [5.41, 5.74) is 8.96. The van der Waals surface area contributed by atoms with Gasteiger partial charge in [0, 0.05) is 29.0 Å². The molecule has 0 fully saturated rings. The Bertz CT molecular complexity index is 567. The molecule has 0 saturated carbocycles. The van der Waals surface area contributed by atoms with E-state index < -0.39 is 0 Å². The van der Waals surface area contributed by atoms with Crippen molar-refractivity contribution < 1.29 is 0 Å². The van der Waals surface area contributed by atoms with Crippen molar-refractivity contribution in [1.29, 1.82) is 0 Å². The fraction of sp³-hybridized carbons (Fsp3) is 0.333. The van der Waals surface area contributed by atoms with Gasteiger partial charge in [0.15, 0.2) is 0 Å². The topological polar surface area (TPSA) is 29.3 Å². The van der Waals surface area contributed by atoms with Gasteiger partial charge in [0.25, 0.3) is 0 Å². The van der Waals surface area contributed by atoms with E-state index in [0.29, 0.717) is 12.6 Å². The molecule has 1 atom stereocenters. The molecular formula is C15H17BrN2S. The van der Waals surface area contributed by atoms with Crippen molar-refractivity contribution in [1.82, 2.24) is 4.90 Å². The normalized spacial score (nSPS) is 17.2. The second-order valence-corrected chi connectivity index (χ2v) is 6.68. The highest BCUT2D eigenvalue weighted by atomic mass is 79.9. The first kappa shape index (κ1) is 13.3. The molecule has 1 aliphatic rings. The van der Waals surface area contributed by atoms with Gasteiger partial charge in [0.1, 0.15) is 0 Å². The quantitative estimate of drug-likeness (QED) is 0.928. The molecule has 0 bridgehead atoms. The summed E-state index contributed by atoms with van der Waals surface area (Å²) in [5.74, 6) is 0. The number of halogens is 1. The van der Waals surface area contributed by atoms with Crippen LogP contribution in [0.5, 0.6) is 0 Å². The fourth-order valence-corrected chi connectivity index (χ4v) is 4.53. The summed E-state index contributed by atoms with van der Waals surface area (Å²) in [4.78, 5) is 3.85. The Morgan fingerprint density at radius 1 is 1.26 bits per heavy atom. The van der Waals surface area contributed by atoms with E-state index in [9.17, 15) is 0 Å². The van der Waals surface area contributed by atoms with Gasteiger partial charge in [-0.3, -0.25) is 4.90 Å². The number of hydrogen-bond acceptors (Lipinski definition) is 3. The van der Waals surface area contributed by atoms with Crippen LogP contribution in [0.15, 0.2) is 40.2 Å². The monoisotopic (exact) mass is 336 g/mol. The standard InChI is InChI=1S/C15H17BrN2S/c16-13-6-8-19-15(13)14(9-17)18-7-5-11-3-1-2-4-12(11)10-18/h1-4,6,8,14H,5,7,9-10,17H2. The number of fused-ring (bicyclic) bond motifs is 1. The third kappa shape index (κ3) is 2.63. The molecule has 0 radical (unpaired) electrons. The highest BCUT2D eigenvalue weighted by Gasteiger charge is 2.25. The Morgan fingerprint density at radius 3 is 2.74 bits per heavy atom. The van der Waals surface area contributed by atoms with Crippen LogP contribution in [-0.2, 0) is 13.0 Å². The zero-order valence-corrected chi connectivity index (χ0v) is 13.1. The lowest BCUT2D eigenvalue weighted by molar-refractivity contribution is 0.186. The van der Waals surface area contributed by atoms with Gasteiger partial charge in [-0.15, -0.1) is 11.3 Å². The Kier molecular flexibility index (Phi) is 4.03. The van der Waals surface area contributed by atoms with Gasteiger partial charge < -0.3 is 5.73 Å². The van der Waals surface area contributed by atoms with E-state index in [2.05, 4.69) is 56.5 Å². The maximum atomic E-state index is 6.03.